The van der Waals surface area contributed by atoms with Gasteiger partial charge in [-0.2, -0.15) is 10.1 Å². The van der Waals surface area contributed by atoms with Gasteiger partial charge in [0.15, 0.2) is 0 Å². The smallest absolute Gasteiger partial charge is 0.266 e. The second-order valence-corrected chi connectivity index (χ2v) is 5.34. The highest BCUT2D eigenvalue weighted by Gasteiger charge is 2.16. The van der Waals surface area contributed by atoms with Crippen LogP contribution in [-0.4, -0.2) is 46.1 Å². The number of nitrogens with zero attached hydrogens (tertiary/aromatic N) is 5. The van der Waals surface area contributed by atoms with Gasteiger partial charge in [0, 0.05) is 32.4 Å². The van der Waals surface area contributed by atoms with Gasteiger partial charge in [0.1, 0.15) is 6.54 Å². The van der Waals surface area contributed by atoms with Crippen molar-refractivity contribution < 1.29 is 4.52 Å². The Labute approximate surface area is 119 Å². The van der Waals surface area contributed by atoms with Crippen LogP contribution in [-0.2, 0) is 6.54 Å². The third kappa shape index (κ3) is 2.79. The number of aryl methyl sites for hydroxylation is 1. The van der Waals surface area contributed by atoms with Gasteiger partial charge in [0.25, 0.3) is 5.95 Å². The first-order valence-electron chi connectivity index (χ1n) is 6.20. The topological polar surface area (TPSA) is 72.0 Å². The molecule has 2 aromatic rings. The molecule has 0 unspecified atom stereocenters. The maximum atomic E-state index is 5.27. The molecule has 8 heteroatoms. The highest BCUT2D eigenvalue weighted by molar-refractivity contribution is 9.10. The van der Waals surface area contributed by atoms with Crippen LogP contribution in [0.1, 0.15) is 11.6 Å². The van der Waals surface area contributed by atoms with Crippen LogP contribution in [0.15, 0.2) is 15.2 Å². The van der Waals surface area contributed by atoms with Gasteiger partial charge in [-0.3, -0.25) is 4.68 Å². The summed E-state index contributed by atoms with van der Waals surface area (Å²) in [6.45, 7) is 6.16. The van der Waals surface area contributed by atoms with Crippen molar-refractivity contribution in [1.29, 1.82) is 0 Å². The number of nitrogens with one attached hydrogen (secondary N) is 1. The van der Waals surface area contributed by atoms with E-state index in [9.17, 15) is 0 Å². The molecular formula is C11H15BrN6O. The molecule has 1 aliphatic rings. The van der Waals surface area contributed by atoms with Gasteiger partial charge in [-0.1, -0.05) is 0 Å². The summed E-state index contributed by atoms with van der Waals surface area (Å²) in [5.41, 5.74) is 0.946. The van der Waals surface area contributed by atoms with E-state index in [1.54, 1.807) is 4.68 Å². The summed E-state index contributed by atoms with van der Waals surface area (Å²) in [6.07, 6.45) is 1.91. The van der Waals surface area contributed by atoms with Crippen molar-refractivity contribution in [2.24, 2.45) is 0 Å². The summed E-state index contributed by atoms with van der Waals surface area (Å²) in [4.78, 5) is 6.53. The summed E-state index contributed by atoms with van der Waals surface area (Å²) in [7, 11) is 0. The van der Waals surface area contributed by atoms with E-state index >= 15 is 0 Å². The fraction of sp³-hybridized carbons (Fsp3) is 0.545. The predicted molar refractivity (Wildman–Crippen MR) is 73.1 cm³/mol. The lowest BCUT2D eigenvalue weighted by molar-refractivity contribution is 0.364. The molecule has 1 aliphatic heterocycles. The van der Waals surface area contributed by atoms with Crippen molar-refractivity contribution in [3.05, 3.63) is 22.3 Å². The van der Waals surface area contributed by atoms with Gasteiger partial charge in [-0.25, -0.2) is 0 Å². The van der Waals surface area contributed by atoms with Crippen molar-refractivity contribution in [2.75, 3.05) is 31.1 Å². The molecule has 3 heterocycles. The highest BCUT2D eigenvalue weighted by Crippen LogP contribution is 2.15. The molecule has 0 spiro atoms. The van der Waals surface area contributed by atoms with Gasteiger partial charge >= 0.3 is 0 Å². The molecule has 2 aromatic heterocycles. The molecule has 1 fully saturated rings. The molecule has 0 radical (unpaired) electrons. The average Bonchev–Trinajstić information content (AvgIpc) is 2.99. The zero-order valence-corrected chi connectivity index (χ0v) is 12.2. The number of piperazine rings is 1. The van der Waals surface area contributed by atoms with Crippen LogP contribution in [0.25, 0.3) is 0 Å². The van der Waals surface area contributed by atoms with Crippen LogP contribution >= 0.6 is 15.9 Å². The van der Waals surface area contributed by atoms with Crippen molar-refractivity contribution in [3.8, 4) is 0 Å². The highest BCUT2D eigenvalue weighted by atomic mass is 79.9. The number of hydrogen-bond donors (Lipinski definition) is 1. The van der Waals surface area contributed by atoms with Crippen LogP contribution < -0.4 is 10.2 Å². The van der Waals surface area contributed by atoms with E-state index < -0.39 is 0 Å². The van der Waals surface area contributed by atoms with Gasteiger partial charge in [-0.15, -0.1) is 0 Å². The monoisotopic (exact) mass is 326 g/mol. The minimum absolute atomic E-state index is 0.492. The lowest BCUT2D eigenvalue weighted by Crippen LogP contribution is -2.44. The zero-order valence-electron chi connectivity index (χ0n) is 10.6. The van der Waals surface area contributed by atoms with Gasteiger partial charge < -0.3 is 14.7 Å². The first-order valence-corrected chi connectivity index (χ1v) is 6.99. The molecule has 0 saturated carbocycles. The predicted octanol–water partition coefficient (Wildman–Crippen LogP) is 0.795. The largest absolute Gasteiger partial charge is 0.336 e. The summed E-state index contributed by atoms with van der Waals surface area (Å²) in [5.74, 6) is 1.24. The van der Waals surface area contributed by atoms with Gasteiger partial charge in [-0.05, 0) is 28.0 Å². The molecule has 0 bridgehead atoms. The molecule has 1 saturated heterocycles. The van der Waals surface area contributed by atoms with Crippen LogP contribution in [0.4, 0.5) is 5.95 Å². The van der Waals surface area contributed by atoms with Crippen LogP contribution in [0, 0.1) is 6.92 Å². The van der Waals surface area contributed by atoms with E-state index in [2.05, 4.69) is 41.4 Å². The number of aromatic nitrogens is 4. The third-order valence-corrected chi connectivity index (χ3v) is 3.82. The second kappa shape index (κ2) is 5.30. The maximum absolute atomic E-state index is 5.27. The molecule has 7 nitrogen and oxygen atoms in total. The van der Waals surface area contributed by atoms with Crippen molar-refractivity contribution in [3.63, 3.8) is 0 Å². The fourth-order valence-corrected chi connectivity index (χ4v) is 2.33. The zero-order chi connectivity index (χ0) is 13.2. The minimum Gasteiger partial charge on any atom is -0.336 e. The fourth-order valence-electron chi connectivity index (χ4n) is 2.02. The number of anilines is 1. The SMILES string of the molecule is Cc1nn(Cc2nc(N3CCNCC3)no2)cc1Br. The summed E-state index contributed by atoms with van der Waals surface area (Å²) in [6, 6.07) is 0. The number of halogens is 1. The van der Waals surface area contributed by atoms with Gasteiger partial charge in [0.05, 0.1) is 10.2 Å². The van der Waals surface area contributed by atoms with Crippen LogP contribution in [0.5, 0.6) is 0 Å². The molecule has 0 atom stereocenters. The Balaban J connectivity index is 1.70. The molecule has 0 aromatic carbocycles. The average molecular weight is 327 g/mol. The molecule has 3 rings (SSSR count). The summed E-state index contributed by atoms with van der Waals surface area (Å²) in [5, 5.41) is 11.7. The third-order valence-electron chi connectivity index (χ3n) is 3.04. The van der Waals surface area contributed by atoms with Crippen molar-refractivity contribution in [2.45, 2.75) is 13.5 Å². The second-order valence-electron chi connectivity index (χ2n) is 4.49. The van der Waals surface area contributed by atoms with Crippen LogP contribution in [0.2, 0.25) is 0 Å². The Bertz CT molecular complexity index is 540. The number of rotatable bonds is 3. The van der Waals surface area contributed by atoms with Crippen LogP contribution in [0.3, 0.4) is 0 Å². The first kappa shape index (κ1) is 12.6. The standard InChI is InChI=1S/C11H15BrN6O/c1-8-9(12)6-18(15-8)7-10-14-11(16-19-10)17-4-2-13-3-5-17/h6,13H,2-5,7H2,1H3. The quantitative estimate of drug-likeness (QED) is 0.899. The lowest BCUT2D eigenvalue weighted by Gasteiger charge is -2.25. The van der Waals surface area contributed by atoms with Crippen molar-refractivity contribution >= 4 is 21.9 Å². The van der Waals surface area contributed by atoms with E-state index in [1.807, 2.05) is 13.1 Å². The number of hydrogen-bond acceptors (Lipinski definition) is 6. The Morgan fingerprint density at radius 2 is 2.21 bits per heavy atom. The molecular weight excluding hydrogens is 312 g/mol. The normalized spacial score (nSPS) is 16.0. The van der Waals surface area contributed by atoms with E-state index in [-0.39, 0.29) is 0 Å². The minimum atomic E-state index is 0.492. The molecule has 1 N–H and O–H groups in total. The molecule has 0 aliphatic carbocycles. The summed E-state index contributed by atoms with van der Waals surface area (Å²) >= 11 is 3.43. The molecule has 0 amide bonds. The van der Waals surface area contributed by atoms with E-state index in [4.69, 9.17) is 4.52 Å². The molecule has 102 valence electrons. The molecule has 19 heavy (non-hydrogen) atoms. The van der Waals surface area contributed by atoms with E-state index in [1.165, 1.54) is 0 Å². The summed E-state index contributed by atoms with van der Waals surface area (Å²) < 4.78 is 8.04. The lowest BCUT2D eigenvalue weighted by atomic mass is 10.4. The van der Waals surface area contributed by atoms with Crippen molar-refractivity contribution in [1.82, 2.24) is 25.2 Å². The Morgan fingerprint density at radius 1 is 1.42 bits per heavy atom. The Hall–Kier alpha value is -1.41. The first-order chi connectivity index (χ1) is 9.22. The Kier molecular flexibility index (Phi) is 3.52. The maximum Gasteiger partial charge on any atom is 0.266 e. The Morgan fingerprint density at radius 3 is 2.89 bits per heavy atom. The van der Waals surface area contributed by atoms with E-state index in [0.717, 1.165) is 36.3 Å². The van der Waals surface area contributed by atoms with Gasteiger partial charge in [0.2, 0.25) is 5.89 Å². The van der Waals surface area contributed by atoms with E-state index in [0.29, 0.717) is 18.4 Å².